The van der Waals surface area contributed by atoms with E-state index in [-0.39, 0.29) is 11.4 Å². The molecule has 0 spiro atoms. The van der Waals surface area contributed by atoms with Crippen LogP contribution in [0.25, 0.3) is 0 Å². The van der Waals surface area contributed by atoms with Crippen LogP contribution < -0.4 is 11.1 Å². The van der Waals surface area contributed by atoms with Gasteiger partial charge in [0.25, 0.3) is 5.91 Å². The molecule has 0 aliphatic carbocycles. The highest BCUT2D eigenvalue weighted by molar-refractivity contribution is 9.10. The number of rotatable bonds is 5. The SMILES string of the molecule is CCC(N)(CC)CNC(=O)c1cc(Cl)ccc1Br. The maximum atomic E-state index is 12.0. The highest BCUT2D eigenvalue weighted by Crippen LogP contribution is 2.21. The van der Waals surface area contributed by atoms with E-state index in [0.717, 1.165) is 17.3 Å². The van der Waals surface area contributed by atoms with Crippen LogP contribution in [0.2, 0.25) is 5.02 Å². The molecule has 1 aromatic rings. The number of halogens is 2. The van der Waals surface area contributed by atoms with Crippen LogP contribution in [0.1, 0.15) is 37.0 Å². The summed E-state index contributed by atoms with van der Waals surface area (Å²) < 4.78 is 0.722. The zero-order valence-electron chi connectivity index (χ0n) is 10.6. The summed E-state index contributed by atoms with van der Waals surface area (Å²) in [4.78, 5) is 12.0. The third-order valence-electron chi connectivity index (χ3n) is 3.18. The Kier molecular flexibility index (Phi) is 5.63. The van der Waals surface area contributed by atoms with Gasteiger partial charge in [0, 0.05) is 21.6 Å². The molecule has 0 radical (unpaired) electrons. The van der Waals surface area contributed by atoms with E-state index in [1.807, 2.05) is 13.8 Å². The molecule has 0 heterocycles. The molecule has 0 saturated heterocycles. The summed E-state index contributed by atoms with van der Waals surface area (Å²) in [6, 6.07) is 5.12. The monoisotopic (exact) mass is 332 g/mol. The second-order valence-corrected chi connectivity index (χ2v) is 5.67. The van der Waals surface area contributed by atoms with Crippen molar-refractivity contribution in [1.82, 2.24) is 5.32 Å². The van der Waals surface area contributed by atoms with Crippen LogP contribution in [0.5, 0.6) is 0 Å². The van der Waals surface area contributed by atoms with Gasteiger partial charge >= 0.3 is 0 Å². The first kappa shape index (κ1) is 15.5. The summed E-state index contributed by atoms with van der Waals surface area (Å²) in [6.07, 6.45) is 1.64. The molecule has 0 aliphatic rings. The molecule has 1 amide bonds. The van der Waals surface area contributed by atoms with E-state index in [1.54, 1.807) is 18.2 Å². The first-order valence-electron chi connectivity index (χ1n) is 5.94. The van der Waals surface area contributed by atoms with Crippen molar-refractivity contribution in [3.05, 3.63) is 33.3 Å². The smallest absolute Gasteiger partial charge is 0.252 e. The Labute approximate surface area is 121 Å². The maximum Gasteiger partial charge on any atom is 0.252 e. The van der Waals surface area contributed by atoms with Crippen molar-refractivity contribution in [2.45, 2.75) is 32.2 Å². The molecule has 0 fully saturated rings. The predicted molar refractivity (Wildman–Crippen MR) is 79.0 cm³/mol. The van der Waals surface area contributed by atoms with E-state index in [1.165, 1.54) is 0 Å². The Balaban J connectivity index is 2.74. The quantitative estimate of drug-likeness (QED) is 0.868. The Hall–Kier alpha value is -0.580. The lowest BCUT2D eigenvalue weighted by Crippen LogP contribution is -2.49. The molecule has 5 heteroatoms. The molecule has 1 rings (SSSR count). The lowest BCUT2D eigenvalue weighted by molar-refractivity contribution is 0.0941. The van der Waals surface area contributed by atoms with Gasteiger partial charge in [0.05, 0.1) is 5.56 Å². The van der Waals surface area contributed by atoms with Crippen molar-refractivity contribution < 1.29 is 4.79 Å². The molecular weight excluding hydrogens is 316 g/mol. The van der Waals surface area contributed by atoms with Crippen LogP contribution in [0.15, 0.2) is 22.7 Å². The summed E-state index contributed by atoms with van der Waals surface area (Å²) in [6.45, 7) is 4.49. The summed E-state index contributed by atoms with van der Waals surface area (Å²) in [5.41, 5.74) is 6.32. The number of hydrogen-bond acceptors (Lipinski definition) is 2. The summed E-state index contributed by atoms with van der Waals surface area (Å²) in [5.74, 6) is -0.166. The minimum Gasteiger partial charge on any atom is -0.350 e. The predicted octanol–water partition coefficient (Wildman–Crippen LogP) is 3.35. The minimum atomic E-state index is -0.347. The first-order valence-corrected chi connectivity index (χ1v) is 7.11. The zero-order chi connectivity index (χ0) is 13.8. The topological polar surface area (TPSA) is 55.1 Å². The fraction of sp³-hybridized carbons (Fsp3) is 0.462. The van der Waals surface area contributed by atoms with Crippen LogP contribution in [-0.4, -0.2) is 18.0 Å². The third-order valence-corrected chi connectivity index (χ3v) is 4.11. The Morgan fingerprint density at radius 3 is 2.61 bits per heavy atom. The molecule has 0 bridgehead atoms. The molecule has 3 N–H and O–H groups in total. The van der Waals surface area contributed by atoms with Crippen molar-refractivity contribution in [3.63, 3.8) is 0 Å². The standard InChI is InChI=1S/C13H18BrClN2O/c1-3-13(16,4-2)8-17-12(18)10-7-9(15)5-6-11(10)14/h5-7H,3-4,8,16H2,1-2H3,(H,17,18). The molecule has 0 aliphatic heterocycles. The Morgan fingerprint density at radius 1 is 1.44 bits per heavy atom. The van der Waals surface area contributed by atoms with Crippen molar-refractivity contribution >= 4 is 33.4 Å². The second kappa shape index (κ2) is 6.55. The minimum absolute atomic E-state index is 0.166. The lowest BCUT2D eigenvalue weighted by atomic mass is 9.94. The third kappa shape index (κ3) is 3.97. The largest absolute Gasteiger partial charge is 0.350 e. The van der Waals surface area contributed by atoms with Crippen LogP contribution in [0, 0.1) is 0 Å². The molecular formula is C13H18BrClN2O. The van der Waals surface area contributed by atoms with Crippen LogP contribution in [-0.2, 0) is 0 Å². The van der Waals surface area contributed by atoms with Gasteiger partial charge in [-0.1, -0.05) is 25.4 Å². The lowest BCUT2D eigenvalue weighted by Gasteiger charge is -2.26. The average Bonchev–Trinajstić information content (AvgIpc) is 2.38. The zero-order valence-corrected chi connectivity index (χ0v) is 12.9. The number of amides is 1. The van der Waals surface area contributed by atoms with E-state index >= 15 is 0 Å². The number of nitrogens with one attached hydrogen (secondary N) is 1. The molecule has 0 unspecified atom stereocenters. The van der Waals surface area contributed by atoms with Crippen molar-refractivity contribution in [2.75, 3.05) is 6.54 Å². The van der Waals surface area contributed by atoms with Gasteiger partial charge in [-0.05, 0) is 47.0 Å². The van der Waals surface area contributed by atoms with Gasteiger partial charge in [0.15, 0.2) is 0 Å². The van der Waals surface area contributed by atoms with Crippen LogP contribution in [0.4, 0.5) is 0 Å². The number of carbonyl (C=O) groups excluding carboxylic acids is 1. The van der Waals surface area contributed by atoms with Crippen molar-refractivity contribution in [1.29, 1.82) is 0 Å². The van der Waals surface area contributed by atoms with Crippen LogP contribution >= 0.6 is 27.5 Å². The van der Waals surface area contributed by atoms with Gasteiger partial charge in [-0.25, -0.2) is 0 Å². The maximum absolute atomic E-state index is 12.0. The van der Waals surface area contributed by atoms with Gasteiger partial charge in [0.1, 0.15) is 0 Å². The fourth-order valence-corrected chi connectivity index (χ4v) is 2.12. The number of carbonyl (C=O) groups is 1. The van der Waals surface area contributed by atoms with E-state index in [9.17, 15) is 4.79 Å². The number of nitrogens with two attached hydrogens (primary N) is 1. The van der Waals surface area contributed by atoms with E-state index in [0.29, 0.717) is 17.1 Å². The first-order chi connectivity index (χ1) is 8.41. The Bertz CT molecular complexity index is 433. The molecule has 100 valence electrons. The van der Waals surface area contributed by atoms with Gasteiger partial charge in [-0.3, -0.25) is 4.79 Å². The van der Waals surface area contributed by atoms with Crippen molar-refractivity contribution in [3.8, 4) is 0 Å². The molecule has 0 saturated carbocycles. The number of hydrogen-bond donors (Lipinski definition) is 2. The van der Waals surface area contributed by atoms with E-state index in [4.69, 9.17) is 17.3 Å². The fourth-order valence-electron chi connectivity index (χ4n) is 1.52. The molecule has 18 heavy (non-hydrogen) atoms. The van der Waals surface area contributed by atoms with Crippen LogP contribution in [0.3, 0.4) is 0 Å². The average molecular weight is 334 g/mol. The highest BCUT2D eigenvalue weighted by atomic mass is 79.9. The van der Waals surface area contributed by atoms with E-state index in [2.05, 4.69) is 21.2 Å². The van der Waals surface area contributed by atoms with Gasteiger partial charge in [-0.15, -0.1) is 0 Å². The van der Waals surface area contributed by atoms with Gasteiger partial charge in [-0.2, -0.15) is 0 Å². The second-order valence-electron chi connectivity index (χ2n) is 4.38. The summed E-state index contributed by atoms with van der Waals surface area (Å²) in [5, 5.41) is 3.39. The highest BCUT2D eigenvalue weighted by Gasteiger charge is 2.21. The Morgan fingerprint density at radius 2 is 2.06 bits per heavy atom. The summed E-state index contributed by atoms with van der Waals surface area (Å²) in [7, 11) is 0. The molecule has 1 aromatic carbocycles. The van der Waals surface area contributed by atoms with E-state index < -0.39 is 0 Å². The number of benzene rings is 1. The molecule has 0 atom stereocenters. The molecule has 0 aromatic heterocycles. The molecule has 3 nitrogen and oxygen atoms in total. The normalized spacial score (nSPS) is 11.4. The van der Waals surface area contributed by atoms with Crippen molar-refractivity contribution in [2.24, 2.45) is 5.73 Å². The van der Waals surface area contributed by atoms with Gasteiger partial charge in [0.2, 0.25) is 0 Å². The summed E-state index contributed by atoms with van der Waals surface area (Å²) >= 11 is 9.21. The van der Waals surface area contributed by atoms with Gasteiger partial charge < -0.3 is 11.1 Å².